The Bertz CT molecular complexity index is 485. The van der Waals surface area contributed by atoms with Crippen molar-refractivity contribution in [1.29, 1.82) is 0 Å². The Morgan fingerprint density at radius 3 is 3.00 bits per heavy atom. The van der Waals surface area contributed by atoms with Gasteiger partial charge in [0.1, 0.15) is 0 Å². The summed E-state index contributed by atoms with van der Waals surface area (Å²) in [6, 6.07) is 0.757. The minimum atomic E-state index is 0.757. The first-order valence-electron chi connectivity index (χ1n) is 5.42. The van der Waals surface area contributed by atoms with E-state index in [2.05, 4.69) is 20.7 Å². The number of thiazole rings is 2. The minimum Gasteiger partial charge on any atom is -0.309 e. The van der Waals surface area contributed by atoms with E-state index in [-0.39, 0.29) is 0 Å². The zero-order valence-corrected chi connectivity index (χ0v) is 10.7. The number of rotatable bonds is 4. The lowest BCUT2D eigenvalue weighted by atomic mass is 10.5. The highest BCUT2D eigenvalue weighted by Crippen LogP contribution is 2.28. The van der Waals surface area contributed by atoms with Gasteiger partial charge in [-0.25, -0.2) is 9.97 Å². The third-order valence-electron chi connectivity index (χ3n) is 2.50. The maximum atomic E-state index is 4.45. The Kier molecular flexibility index (Phi) is 2.75. The highest BCUT2D eigenvalue weighted by molar-refractivity contribution is 7.20. The highest BCUT2D eigenvalue weighted by atomic mass is 32.1. The highest BCUT2D eigenvalue weighted by Gasteiger charge is 2.20. The lowest BCUT2D eigenvalue weighted by Gasteiger charge is -1.96. The summed E-state index contributed by atoms with van der Waals surface area (Å²) in [5.74, 6) is 0. The van der Waals surface area contributed by atoms with Gasteiger partial charge >= 0.3 is 0 Å². The van der Waals surface area contributed by atoms with E-state index in [9.17, 15) is 0 Å². The number of nitrogens with zero attached hydrogens (tertiary/aromatic N) is 2. The Hall–Kier alpha value is -0.780. The van der Waals surface area contributed by atoms with Crippen molar-refractivity contribution < 1.29 is 0 Å². The molecule has 0 atom stereocenters. The fraction of sp³-hybridized carbons (Fsp3) is 0.455. The fourth-order valence-electron chi connectivity index (χ4n) is 1.47. The zero-order chi connectivity index (χ0) is 11.0. The van der Waals surface area contributed by atoms with Crippen molar-refractivity contribution in [2.75, 3.05) is 0 Å². The molecule has 2 heterocycles. The van der Waals surface area contributed by atoms with Gasteiger partial charge in [-0.3, -0.25) is 0 Å². The Morgan fingerprint density at radius 2 is 2.31 bits per heavy atom. The molecule has 0 saturated heterocycles. The largest absolute Gasteiger partial charge is 0.309 e. The smallest absolute Gasteiger partial charge is 0.152 e. The second-order valence-electron chi connectivity index (χ2n) is 4.08. The molecule has 0 bridgehead atoms. The standard InChI is InChI=1S/C11H13N3S2/c1-7-6-15-11(14-7)10-13-5-9(16-10)4-12-8-2-3-8/h5-6,8,12H,2-4H2,1H3. The maximum absolute atomic E-state index is 4.45. The van der Waals surface area contributed by atoms with Crippen LogP contribution < -0.4 is 5.32 Å². The van der Waals surface area contributed by atoms with Gasteiger partial charge in [-0.2, -0.15) is 0 Å². The van der Waals surface area contributed by atoms with Gasteiger partial charge in [0, 0.05) is 34.7 Å². The first-order valence-corrected chi connectivity index (χ1v) is 7.11. The molecule has 3 nitrogen and oxygen atoms in total. The van der Waals surface area contributed by atoms with Crippen LogP contribution in [-0.4, -0.2) is 16.0 Å². The van der Waals surface area contributed by atoms with E-state index in [1.165, 1.54) is 17.7 Å². The molecule has 2 aromatic rings. The molecular formula is C11H13N3S2. The van der Waals surface area contributed by atoms with Gasteiger partial charge in [0.15, 0.2) is 10.0 Å². The maximum Gasteiger partial charge on any atom is 0.152 e. The van der Waals surface area contributed by atoms with Crippen LogP contribution >= 0.6 is 22.7 Å². The predicted octanol–water partition coefficient (Wildman–Crippen LogP) is 2.83. The van der Waals surface area contributed by atoms with Gasteiger partial charge in [0.25, 0.3) is 0 Å². The molecule has 0 aliphatic heterocycles. The van der Waals surface area contributed by atoms with Crippen molar-refractivity contribution in [2.45, 2.75) is 32.4 Å². The van der Waals surface area contributed by atoms with E-state index in [1.807, 2.05) is 13.1 Å². The zero-order valence-electron chi connectivity index (χ0n) is 9.06. The summed E-state index contributed by atoms with van der Waals surface area (Å²) in [7, 11) is 0. The summed E-state index contributed by atoms with van der Waals surface area (Å²) in [6.45, 7) is 2.97. The van der Waals surface area contributed by atoms with Crippen LogP contribution in [0.25, 0.3) is 10.0 Å². The molecule has 84 valence electrons. The summed E-state index contributed by atoms with van der Waals surface area (Å²) in [5, 5.41) is 7.65. The number of hydrogen-bond donors (Lipinski definition) is 1. The van der Waals surface area contributed by atoms with E-state index in [4.69, 9.17) is 0 Å². The topological polar surface area (TPSA) is 37.8 Å². The van der Waals surface area contributed by atoms with Gasteiger partial charge in [-0.15, -0.1) is 22.7 Å². The van der Waals surface area contributed by atoms with Crippen LogP contribution in [0.4, 0.5) is 0 Å². The predicted molar refractivity (Wildman–Crippen MR) is 67.8 cm³/mol. The number of aryl methyl sites for hydroxylation is 1. The van der Waals surface area contributed by atoms with Crippen molar-refractivity contribution in [1.82, 2.24) is 15.3 Å². The van der Waals surface area contributed by atoms with Crippen molar-refractivity contribution >= 4 is 22.7 Å². The van der Waals surface area contributed by atoms with E-state index in [0.717, 1.165) is 28.3 Å². The van der Waals surface area contributed by atoms with Gasteiger partial charge in [0.2, 0.25) is 0 Å². The molecule has 1 aliphatic rings. The average Bonchev–Trinajstić information content (AvgIpc) is 2.81. The van der Waals surface area contributed by atoms with Crippen LogP contribution in [0.1, 0.15) is 23.4 Å². The minimum absolute atomic E-state index is 0.757. The third kappa shape index (κ3) is 2.31. The monoisotopic (exact) mass is 251 g/mol. The molecule has 0 spiro atoms. The molecule has 0 radical (unpaired) electrons. The summed E-state index contributed by atoms with van der Waals surface area (Å²) in [5.41, 5.74) is 1.08. The molecule has 16 heavy (non-hydrogen) atoms. The van der Waals surface area contributed by atoms with Crippen LogP contribution in [0.2, 0.25) is 0 Å². The van der Waals surface area contributed by atoms with Crippen molar-refractivity contribution in [2.24, 2.45) is 0 Å². The summed E-state index contributed by atoms with van der Waals surface area (Å²) in [4.78, 5) is 10.2. The SMILES string of the molecule is Cc1csc(-c2ncc(CNC3CC3)s2)n1. The Morgan fingerprint density at radius 1 is 1.44 bits per heavy atom. The Labute approximate surface area is 103 Å². The molecule has 2 aromatic heterocycles. The Balaban J connectivity index is 1.71. The molecule has 1 fully saturated rings. The van der Waals surface area contributed by atoms with Crippen LogP contribution in [0.15, 0.2) is 11.6 Å². The second kappa shape index (κ2) is 4.24. The number of aromatic nitrogens is 2. The van der Waals surface area contributed by atoms with Gasteiger partial charge in [0.05, 0.1) is 0 Å². The van der Waals surface area contributed by atoms with Gasteiger partial charge < -0.3 is 5.32 Å². The molecular weight excluding hydrogens is 238 g/mol. The van der Waals surface area contributed by atoms with E-state index < -0.39 is 0 Å². The van der Waals surface area contributed by atoms with E-state index in [1.54, 1.807) is 22.7 Å². The van der Waals surface area contributed by atoms with Gasteiger partial charge in [-0.1, -0.05) is 0 Å². The molecule has 0 aromatic carbocycles. The van der Waals surface area contributed by atoms with Gasteiger partial charge in [-0.05, 0) is 19.8 Å². The normalized spacial score (nSPS) is 15.6. The van der Waals surface area contributed by atoms with Crippen LogP contribution in [0, 0.1) is 6.92 Å². The molecule has 0 unspecified atom stereocenters. The van der Waals surface area contributed by atoms with Crippen molar-refractivity contribution in [3.05, 3.63) is 22.1 Å². The van der Waals surface area contributed by atoms with Crippen molar-refractivity contribution in [3.8, 4) is 10.0 Å². The summed E-state index contributed by atoms with van der Waals surface area (Å²) >= 11 is 3.41. The summed E-state index contributed by atoms with van der Waals surface area (Å²) in [6.07, 6.45) is 4.63. The lowest BCUT2D eigenvalue weighted by Crippen LogP contribution is -2.14. The van der Waals surface area contributed by atoms with Crippen molar-refractivity contribution in [3.63, 3.8) is 0 Å². The number of hydrogen-bond acceptors (Lipinski definition) is 5. The average molecular weight is 251 g/mol. The quantitative estimate of drug-likeness (QED) is 0.908. The second-order valence-corrected chi connectivity index (χ2v) is 6.05. The molecule has 1 saturated carbocycles. The van der Waals surface area contributed by atoms with Crippen LogP contribution in [0.3, 0.4) is 0 Å². The number of nitrogens with one attached hydrogen (secondary N) is 1. The van der Waals surface area contributed by atoms with Crippen LogP contribution in [-0.2, 0) is 6.54 Å². The third-order valence-corrected chi connectivity index (χ3v) is 4.60. The molecule has 3 rings (SSSR count). The van der Waals surface area contributed by atoms with E-state index >= 15 is 0 Å². The first kappa shape index (κ1) is 10.4. The lowest BCUT2D eigenvalue weighted by molar-refractivity contribution is 0.694. The van der Waals surface area contributed by atoms with E-state index in [0.29, 0.717) is 0 Å². The molecule has 1 N–H and O–H groups in total. The summed E-state index contributed by atoms with van der Waals surface area (Å²) < 4.78 is 0. The first-order chi connectivity index (χ1) is 7.81. The molecule has 5 heteroatoms. The van der Waals surface area contributed by atoms with Crippen LogP contribution in [0.5, 0.6) is 0 Å². The fourth-order valence-corrected chi connectivity index (χ4v) is 3.17. The molecule has 1 aliphatic carbocycles. The molecule has 0 amide bonds.